The molecule has 7 nitrogen and oxygen atoms in total. The van der Waals surface area contributed by atoms with Crippen LogP contribution in [0, 0.1) is 5.82 Å². The van der Waals surface area contributed by atoms with Crippen molar-refractivity contribution < 1.29 is 27.1 Å². The average Bonchev–Trinajstić information content (AvgIpc) is 2.73. The van der Waals surface area contributed by atoms with Crippen LogP contribution >= 0.6 is 0 Å². The number of piperazine rings is 1. The number of nitrogens with zero attached hydrogens (tertiary/aromatic N) is 2. The van der Waals surface area contributed by atoms with Crippen LogP contribution in [0.2, 0.25) is 0 Å². The molecule has 0 saturated carbocycles. The molecule has 9 heteroatoms. The molecule has 0 aliphatic carbocycles. The van der Waals surface area contributed by atoms with E-state index in [0.717, 1.165) is 6.07 Å². The molecule has 1 amide bonds. The number of carbonyl (C=O) groups is 2. The first-order chi connectivity index (χ1) is 13.4. The Bertz CT molecular complexity index is 957. The number of hydrogen-bond acceptors (Lipinski definition) is 5. The lowest BCUT2D eigenvalue weighted by Gasteiger charge is -2.33. The Morgan fingerprint density at radius 3 is 2.18 bits per heavy atom. The van der Waals surface area contributed by atoms with Gasteiger partial charge in [-0.2, -0.15) is 4.31 Å². The maximum absolute atomic E-state index is 13.6. The summed E-state index contributed by atoms with van der Waals surface area (Å²) in [6.07, 6.45) is 0. The van der Waals surface area contributed by atoms with E-state index in [1.54, 1.807) is 18.2 Å². The van der Waals surface area contributed by atoms with E-state index in [1.165, 1.54) is 39.5 Å². The van der Waals surface area contributed by atoms with Crippen molar-refractivity contribution in [3.05, 3.63) is 66.0 Å². The highest BCUT2D eigenvalue weighted by Gasteiger charge is 2.30. The molecule has 148 valence electrons. The second-order valence-electron chi connectivity index (χ2n) is 6.15. The third-order valence-corrected chi connectivity index (χ3v) is 6.31. The lowest BCUT2D eigenvalue weighted by Crippen LogP contribution is -2.51. The Kier molecular flexibility index (Phi) is 6.05. The summed E-state index contributed by atoms with van der Waals surface area (Å²) in [6.45, 7) is 0.122. The molecule has 1 aliphatic heterocycles. The van der Waals surface area contributed by atoms with E-state index in [4.69, 9.17) is 4.74 Å². The number of ether oxygens (including phenoxy) is 1. The van der Waals surface area contributed by atoms with Crippen molar-refractivity contribution in [1.29, 1.82) is 0 Å². The SMILES string of the molecule is O=C(OCC(=O)N1CCN(S(=O)(=O)c2ccccc2)CC1)c1ccccc1F. The standard InChI is InChI=1S/C19H19FN2O5S/c20-17-9-5-4-8-16(17)19(24)27-14-18(23)21-10-12-22(13-11-21)28(25,26)15-6-2-1-3-7-15/h1-9H,10-14H2. The largest absolute Gasteiger partial charge is 0.452 e. The number of benzene rings is 2. The lowest BCUT2D eigenvalue weighted by atomic mass is 10.2. The maximum Gasteiger partial charge on any atom is 0.341 e. The highest BCUT2D eigenvalue weighted by atomic mass is 32.2. The van der Waals surface area contributed by atoms with Gasteiger partial charge in [-0.3, -0.25) is 4.79 Å². The molecule has 1 aliphatic rings. The second-order valence-corrected chi connectivity index (χ2v) is 8.09. The van der Waals surface area contributed by atoms with E-state index in [9.17, 15) is 22.4 Å². The van der Waals surface area contributed by atoms with Gasteiger partial charge in [-0.05, 0) is 24.3 Å². The zero-order valence-electron chi connectivity index (χ0n) is 15.0. The van der Waals surface area contributed by atoms with E-state index in [2.05, 4.69) is 0 Å². The van der Waals surface area contributed by atoms with Gasteiger partial charge in [-0.25, -0.2) is 17.6 Å². The smallest absolute Gasteiger partial charge is 0.341 e. The molecule has 2 aromatic rings. The van der Waals surface area contributed by atoms with Gasteiger partial charge >= 0.3 is 5.97 Å². The molecule has 3 rings (SSSR count). The molecule has 1 fully saturated rings. The molecule has 0 aromatic heterocycles. The van der Waals surface area contributed by atoms with Crippen LogP contribution in [0.5, 0.6) is 0 Å². The normalized spacial score (nSPS) is 15.2. The molecule has 0 spiro atoms. The van der Waals surface area contributed by atoms with Crippen molar-refractivity contribution in [1.82, 2.24) is 9.21 Å². The van der Waals surface area contributed by atoms with Crippen LogP contribution in [-0.2, 0) is 19.6 Å². The first-order valence-corrected chi connectivity index (χ1v) is 10.1. The number of carbonyl (C=O) groups excluding carboxylic acids is 2. The summed E-state index contributed by atoms with van der Waals surface area (Å²) in [5.41, 5.74) is -0.242. The van der Waals surface area contributed by atoms with Crippen LogP contribution in [-0.4, -0.2) is 62.3 Å². The molecule has 0 atom stereocenters. The van der Waals surface area contributed by atoms with Crippen molar-refractivity contribution in [2.75, 3.05) is 32.8 Å². The topological polar surface area (TPSA) is 84.0 Å². The molecule has 1 heterocycles. The molecule has 0 unspecified atom stereocenters. The van der Waals surface area contributed by atoms with Gasteiger partial charge in [0.1, 0.15) is 5.82 Å². The molecule has 28 heavy (non-hydrogen) atoms. The number of halogens is 1. The zero-order valence-corrected chi connectivity index (χ0v) is 15.8. The Morgan fingerprint density at radius 1 is 0.929 bits per heavy atom. The molecule has 0 N–H and O–H groups in total. The van der Waals surface area contributed by atoms with Gasteiger partial charge < -0.3 is 9.64 Å². The summed E-state index contributed by atoms with van der Waals surface area (Å²) in [6, 6.07) is 13.4. The van der Waals surface area contributed by atoms with Crippen LogP contribution in [0.25, 0.3) is 0 Å². The summed E-state index contributed by atoms with van der Waals surface area (Å²) >= 11 is 0. The van der Waals surface area contributed by atoms with Gasteiger partial charge in [-0.15, -0.1) is 0 Å². The van der Waals surface area contributed by atoms with Crippen LogP contribution in [0.15, 0.2) is 59.5 Å². The minimum Gasteiger partial charge on any atom is -0.452 e. The highest BCUT2D eigenvalue weighted by Crippen LogP contribution is 2.17. The number of rotatable bonds is 5. The van der Waals surface area contributed by atoms with Crippen molar-refractivity contribution in [2.45, 2.75) is 4.90 Å². The first-order valence-electron chi connectivity index (χ1n) is 8.64. The van der Waals surface area contributed by atoms with Gasteiger partial charge in [-0.1, -0.05) is 30.3 Å². The summed E-state index contributed by atoms with van der Waals surface area (Å²) in [4.78, 5) is 25.7. The molecular formula is C19H19FN2O5S. The van der Waals surface area contributed by atoms with E-state index in [1.807, 2.05) is 0 Å². The third-order valence-electron chi connectivity index (χ3n) is 4.39. The summed E-state index contributed by atoms with van der Waals surface area (Å²) in [5, 5.41) is 0. The van der Waals surface area contributed by atoms with Gasteiger partial charge in [0.2, 0.25) is 10.0 Å². The van der Waals surface area contributed by atoms with Gasteiger partial charge in [0, 0.05) is 26.2 Å². The van der Waals surface area contributed by atoms with Gasteiger partial charge in [0.05, 0.1) is 10.5 Å². The Morgan fingerprint density at radius 2 is 1.54 bits per heavy atom. The number of amides is 1. The third kappa shape index (κ3) is 4.37. The Labute approximate surface area is 162 Å². The fourth-order valence-electron chi connectivity index (χ4n) is 2.84. The molecule has 0 radical (unpaired) electrons. The monoisotopic (exact) mass is 406 g/mol. The summed E-state index contributed by atoms with van der Waals surface area (Å²) in [7, 11) is -3.61. The van der Waals surface area contributed by atoms with Gasteiger partial charge in [0.25, 0.3) is 5.91 Å². The molecule has 1 saturated heterocycles. The predicted octanol–water partition coefficient (Wildman–Crippen LogP) is 1.52. The Hall–Kier alpha value is -2.78. The van der Waals surface area contributed by atoms with Crippen LogP contribution < -0.4 is 0 Å². The van der Waals surface area contributed by atoms with Crippen molar-refractivity contribution in [3.63, 3.8) is 0 Å². The Balaban J connectivity index is 1.53. The second kappa shape index (κ2) is 8.49. The molecular weight excluding hydrogens is 387 g/mol. The van der Waals surface area contributed by atoms with E-state index < -0.39 is 34.3 Å². The minimum atomic E-state index is -3.61. The van der Waals surface area contributed by atoms with Crippen molar-refractivity contribution >= 4 is 21.9 Å². The highest BCUT2D eigenvalue weighted by molar-refractivity contribution is 7.89. The van der Waals surface area contributed by atoms with Crippen LogP contribution in [0.4, 0.5) is 4.39 Å². The minimum absolute atomic E-state index is 0.143. The number of sulfonamides is 1. The average molecular weight is 406 g/mol. The number of esters is 1. The molecule has 2 aromatic carbocycles. The zero-order chi connectivity index (χ0) is 20.1. The maximum atomic E-state index is 13.6. The van der Waals surface area contributed by atoms with Crippen molar-refractivity contribution in [3.8, 4) is 0 Å². The van der Waals surface area contributed by atoms with E-state index in [0.29, 0.717) is 0 Å². The fraction of sp³-hybridized carbons (Fsp3) is 0.263. The number of hydrogen-bond donors (Lipinski definition) is 0. The van der Waals surface area contributed by atoms with Crippen LogP contribution in [0.1, 0.15) is 10.4 Å². The summed E-state index contributed by atoms with van der Waals surface area (Å²) in [5.74, 6) is -2.10. The lowest BCUT2D eigenvalue weighted by molar-refractivity contribution is -0.135. The van der Waals surface area contributed by atoms with E-state index in [-0.39, 0.29) is 36.6 Å². The molecule has 0 bridgehead atoms. The van der Waals surface area contributed by atoms with Gasteiger partial charge in [0.15, 0.2) is 6.61 Å². The quantitative estimate of drug-likeness (QED) is 0.703. The predicted molar refractivity (Wildman–Crippen MR) is 98.5 cm³/mol. The van der Waals surface area contributed by atoms with Crippen molar-refractivity contribution in [2.24, 2.45) is 0 Å². The summed E-state index contributed by atoms with van der Waals surface area (Å²) < 4.78 is 44.9. The van der Waals surface area contributed by atoms with E-state index >= 15 is 0 Å². The fourth-order valence-corrected chi connectivity index (χ4v) is 4.29. The first kappa shape index (κ1) is 20.0. The van der Waals surface area contributed by atoms with Crippen LogP contribution in [0.3, 0.4) is 0 Å².